The lowest BCUT2D eigenvalue weighted by Gasteiger charge is -2.08. The van der Waals surface area contributed by atoms with Gasteiger partial charge in [0.1, 0.15) is 11.6 Å². The highest BCUT2D eigenvalue weighted by Crippen LogP contribution is 2.15. The average molecular weight is 419 g/mol. The van der Waals surface area contributed by atoms with E-state index in [0.29, 0.717) is 18.0 Å². The van der Waals surface area contributed by atoms with Gasteiger partial charge in [-0.15, -0.1) is 0 Å². The van der Waals surface area contributed by atoms with Crippen LogP contribution >= 0.6 is 0 Å². The van der Waals surface area contributed by atoms with Crippen molar-refractivity contribution in [3.05, 3.63) is 95.3 Å². The van der Waals surface area contributed by atoms with Crippen LogP contribution in [-0.4, -0.2) is 25.5 Å². The summed E-state index contributed by atoms with van der Waals surface area (Å²) in [6.45, 7) is 4.71. The number of nitrogens with zero attached hydrogens (tertiary/aromatic N) is 4. The van der Waals surface area contributed by atoms with Crippen molar-refractivity contribution >= 4 is 11.6 Å². The van der Waals surface area contributed by atoms with Gasteiger partial charge in [-0.25, -0.2) is 9.07 Å². The second kappa shape index (κ2) is 8.83. The number of halogens is 1. The van der Waals surface area contributed by atoms with Crippen LogP contribution in [0.3, 0.4) is 0 Å². The van der Waals surface area contributed by atoms with Gasteiger partial charge in [0.05, 0.1) is 12.2 Å². The molecule has 0 spiro atoms. The topological polar surface area (TPSA) is 74.0 Å². The van der Waals surface area contributed by atoms with Gasteiger partial charge in [0.25, 0.3) is 5.91 Å². The number of amides is 1. The summed E-state index contributed by atoms with van der Waals surface area (Å²) in [5.41, 5.74) is 4.04. The van der Waals surface area contributed by atoms with Crippen molar-refractivity contribution < 1.29 is 13.9 Å². The predicted octanol–water partition coefficient (Wildman–Crippen LogP) is 4.17. The van der Waals surface area contributed by atoms with Gasteiger partial charge < -0.3 is 10.1 Å². The fraction of sp³-hybridized carbons (Fsp3) is 0.174. The Kier molecular flexibility index (Phi) is 5.79. The number of hydrogen-bond acceptors (Lipinski definition) is 4. The molecule has 0 aliphatic heterocycles. The third-order valence-electron chi connectivity index (χ3n) is 4.67. The molecule has 2 aromatic heterocycles. The number of carbonyl (C=O) groups is 1. The Morgan fingerprint density at radius 2 is 1.87 bits per heavy atom. The van der Waals surface area contributed by atoms with Crippen LogP contribution < -0.4 is 10.1 Å². The Hall–Kier alpha value is -3.94. The molecule has 2 aromatic carbocycles. The normalized spacial score (nSPS) is 10.8. The number of rotatable bonds is 7. The summed E-state index contributed by atoms with van der Waals surface area (Å²) in [6.07, 6.45) is 1.65. The summed E-state index contributed by atoms with van der Waals surface area (Å²) in [7, 11) is 0. The van der Waals surface area contributed by atoms with Crippen LogP contribution in [0.4, 0.5) is 10.1 Å². The van der Waals surface area contributed by atoms with Crippen molar-refractivity contribution in [2.45, 2.75) is 27.1 Å². The number of aryl methyl sites for hydroxylation is 2. The van der Waals surface area contributed by atoms with Gasteiger partial charge in [-0.2, -0.15) is 10.2 Å². The molecule has 0 saturated heterocycles. The second-order valence-electron chi connectivity index (χ2n) is 7.21. The first-order valence-electron chi connectivity index (χ1n) is 9.79. The molecule has 0 atom stereocenters. The lowest BCUT2D eigenvalue weighted by atomic mass is 10.2. The first-order chi connectivity index (χ1) is 15.0. The molecule has 0 unspecified atom stereocenters. The Bertz CT molecular complexity index is 1200. The Balaban J connectivity index is 1.37. The summed E-state index contributed by atoms with van der Waals surface area (Å²) in [4.78, 5) is 12.6. The molecule has 7 nitrogen and oxygen atoms in total. The first kappa shape index (κ1) is 20.3. The van der Waals surface area contributed by atoms with Crippen molar-refractivity contribution in [3.63, 3.8) is 0 Å². The van der Waals surface area contributed by atoms with Gasteiger partial charge in [0.15, 0.2) is 12.4 Å². The van der Waals surface area contributed by atoms with Crippen LogP contribution in [0.2, 0.25) is 0 Å². The molecule has 4 rings (SSSR count). The van der Waals surface area contributed by atoms with E-state index in [2.05, 4.69) is 15.5 Å². The Morgan fingerprint density at radius 3 is 2.61 bits per heavy atom. The van der Waals surface area contributed by atoms with Crippen molar-refractivity contribution in [2.24, 2.45) is 0 Å². The SMILES string of the molecule is Cc1cc(C)n(Cc2cccc(NC(=O)c3ccn(COc4ccc(F)cc4)n3)c2)n1. The van der Waals surface area contributed by atoms with E-state index in [9.17, 15) is 9.18 Å². The zero-order chi connectivity index (χ0) is 21.8. The largest absolute Gasteiger partial charge is 0.471 e. The van der Waals surface area contributed by atoms with Crippen LogP contribution in [-0.2, 0) is 13.3 Å². The standard InChI is InChI=1S/C23H22FN5O2/c1-16-12-17(2)29(26-16)14-18-4-3-5-20(13-18)25-23(30)22-10-11-28(27-22)15-31-21-8-6-19(24)7-9-21/h3-13H,14-15H2,1-2H3,(H,25,30). The molecule has 4 aromatic rings. The minimum atomic E-state index is -0.329. The van der Waals surface area contributed by atoms with Gasteiger partial charge in [-0.05, 0) is 67.9 Å². The number of benzene rings is 2. The van der Waals surface area contributed by atoms with Crippen LogP contribution in [0.25, 0.3) is 0 Å². The highest BCUT2D eigenvalue weighted by atomic mass is 19.1. The summed E-state index contributed by atoms with van der Waals surface area (Å²) >= 11 is 0. The van der Waals surface area contributed by atoms with E-state index >= 15 is 0 Å². The number of anilines is 1. The van der Waals surface area contributed by atoms with E-state index in [0.717, 1.165) is 17.0 Å². The smallest absolute Gasteiger partial charge is 0.276 e. The van der Waals surface area contributed by atoms with E-state index in [-0.39, 0.29) is 24.1 Å². The van der Waals surface area contributed by atoms with Gasteiger partial charge in [-0.3, -0.25) is 9.48 Å². The molecular weight excluding hydrogens is 397 g/mol. The van der Waals surface area contributed by atoms with Crippen molar-refractivity contribution in [3.8, 4) is 5.75 Å². The van der Waals surface area contributed by atoms with E-state index < -0.39 is 0 Å². The molecule has 8 heteroatoms. The highest BCUT2D eigenvalue weighted by molar-refractivity contribution is 6.02. The summed E-state index contributed by atoms with van der Waals surface area (Å²) < 4.78 is 21.9. The summed E-state index contributed by atoms with van der Waals surface area (Å²) in [5, 5.41) is 11.6. The average Bonchev–Trinajstić information content (AvgIpc) is 3.34. The van der Waals surface area contributed by atoms with Crippen LogP contribution in [0.5, 0.6) is 5.75 Å². The lowest BCUT2D eigenvalue weighted by molar-refractivity contribution is 0.102. The van der Waals surface area contributed by atoms with E-state index in [1.165, 1.54) is 28.9 Å². The fourth-order valence-electron chi connectivity index (χ4n) is 3.18. The van der Waals surface area contributed by atoms with Gasteiger partial charge in [0.2, 0.25) is 0 Å². The number of nitrogens with one attached hydrogen (secondary N) is 1. The molecule has 1 amide bonds. The van der Waals surface area contributed by atoms with Crippen LogP contribution in [0.15, 0.2) is 66.9 Å². The van der Waals surface area contributed by atoms with Gasteiger partial charge in [-0.1, -0.05) is 12.1 Å². The molecule has 1 N–H and O–H groups in total. The molecule has 0 bridgehead atoms. The van der Waals surface area contributed by atoms with Crippen molar-refractivity contribution in [1.29, 1.82) is 0 Å². The predicted molar refractivity (Wildman–Crippen MR) is 114 cm³/mol. The van der Waals surface area contributed by atoms with E-state index in [4.69, 9.17) is 4.74 Å². The maximum atomic E-state index is 13.0. The van der Waals surface area contributed by atoms with Crippen molar-refractivity contribution in [2.75, 3.05) is 5.32 Å². The Morgan fingerprint density at radius 1 is 1.06 bits per heavy atom. The minimum absolute atomic E-state index is 0.108. The van der Waals surface area contributed by atoms with Crippen LogP contribution in [0.1, 0.15) is 27.4 Å². The molecule has 0 aliphatic rings. The van der Waals surface area contributed by atoms with Gasteiger partial charge >= 0.3 is 0 Å². The number of hydrogen-bond donors (Lipinski definition) is 1. The maximum Gasteiger partial charge on any atom is 0.276 e. The fourth-order valence-corrected chi connectivity index (χ4v) is 3.18. The maximum absolute atomic E-state index is 13.0. The first-order valence-corrected chi connectivity index (χ1v) is 9.79. The zero-order valence-corrected chi connectivity index (χ0v) is 17.2. The molecular formula is C23H22FN5O2. The second-order valence-corrected chi connectivity index (χ2v) is 7.21. The molecule has 0 aliphatic carbocycles. The lowest BCUT2D eigenvalue weighted by Crippen LogP contribution is -2.14. The molecule has 31 heavy (non-hydrogen) atoms. The molecule has 0 fully saturated rings. The summed E-state index contributed by atoms with van der Waals surface area (Å²) in [5.74, 6) is -0.129. The molecule has 158 valence electrons. The number of aromatic nitrogens is 4. The molecule has 0 radical (unpaired) electrons. The van der Waals surface area contributed by atoms with Crippen molar-refractivity contribution in [1.82, 2.24) is 19.6 Å². The van der Waals surface area contributed by atoms with E-state index in [1.807, 2.05) is 48.9 Å². The number of carbonyl (C=O) groups excluding carboxylic acids is 1. The monoisotopic (exact) mass is 419 g/mol. The van der Waals surface area contributed by atoms with E-state index in [1.54, 1.807) is 12.3 Å². The van der Waals surface area contributed by atoms with Crippen LogP contribution in [0, 0.1) is 19.7 Å². The Labute approximate surface area is 179 Å². The highest BCUT2D eigenvalue weighted by Gasteiger charge is 2.11. The molecule has 0 saturated carbocycles. The third kappa shape index (κ3) is 5.16. The zero-order valence-electron chi connectivity index (χ0n) is 17.2. The minimum Gasteiger partial charge on any atom is -0.471 e. The number of ether oxygens (including phenoxy) is 1. The quantitative estimate of drug-likeness (QED) is 0.488. The molecule has 2 heterocycles. The summed E-state index contributed by atoms with van der Waals surface area (Å²) in [6, 6.07) is 17.0. The van der Waals surface area contributed by atoms with Gasteiger partial charge in [0, 0.05) is 17.6 Å². The third-order valence-corrected chi connectivity index (χ3v) is 4.67.